The normalized spacial score (nSPS) is 11.3. The number of hydrogen-bond donors (Lipinski definition) is 1. The minimum Gasteiger partial charge on any atom is -0.456 e. The molecule has 0 radical (unpaired) electrons. The fourth-order valence-electron chi connectivity index (χ4n) is 1.08. The van der Waals surface area contributed by atoms with Gasteiger partial charge < -0.3 is 10.5 Å². The maximum atomic E-state index is 11.8. The van der Waals surface area contributed by atoms with Gasteiger partial charge in [0.1, 0.15) is 5.60 Å². The van der Waals surface area contributed by atoms with Crippen LogP contribution in [0.15, 0.2) is 16.6 Å². The Bertz CT molecular complexity index is 427. The van der Waals surface area contributed by atoms with Crippen molar-refractivity contribution >= 4 is 39.2 Å². The van der Waals surface area contributed by atoms with Gasteiger partial charge in [0.15, 0.2) is 0 Å². The summed E-state index contributed by atoms with van der Waals surface area (Å²) >= 11 is 9.06. The summed E-state index contributed by atoms with van der Waals surface area (Å²) in [5.74, 6) is -0.456. The maximum absolute atomic E-state index is 11.8. The maximum Gasteiger partial charge on any atom is 0.340 e. The Balaban J connectivity index is 3.06. The number of nitrogens with two attached hydrogens (primary N) is 1. The fourth-order valence-corrected chi connectivity index (χ4v) is 1.59. The highest BCUT2D eigenvalue weighted by Gasteiger charge is 2.21. The van der Waals surface area contributed by atoms with Crippen LogP contribution >= 0.6 is 27.5 Å². The van der Waals surface area contributed by atoms with Crippen molar-refractivity contribution in [1.82, 2.24) is 0 Å². The van der Waals surface area contributed by atoms with Crippen molar-refractivity contribution in [2.24, 2.45) is 0 Å². The molecule has 0 fully saturated rings. The van der Waals surface area contributed by atoms with Crippen LogP contribution in [0.1, 0.15) is 31.1 Å². The molecule has 1 aromatic carbocycles. The Morgan fingerprint density at radius 3 is 2.50 bits per heavy atom. The highest BCUT2D eigenvalue weighted by atomic mass is 79.9. The van der Waals surface area contributed by atoms with E-state index in [1.165, 1.54) is 0 Å². The lowest BCUT2D eigenvalue weighted by Crippen LogP contribution is -2.24. The topological polar surface area (TPSA) is 52.3 Å². The minimum absolute atomic E-state index is 0.293. The second-order valence-electron chi connectivity index (χ2n) is 4.32. The van der Waals surface area contributed by atoms with Crippen LogP contribution in [-0.2, 0) is 4.74 Å². The number of nitrogen functional groups attached to an aromatic ring is 1. The van der Waals surface area contributed by atoms with Gasteiger partial charge in [-0.25, -0.2) is 4.79 Å². The lowest BCUT2D eigenvalue weighted by Gasteiger charge is -2.20. The molecule has 5 heteroatoms. The van der Waals surface area contributed by atoms with Crippen LogP contribution < -0.4 is 5.73 Å². The summed E-state index contributed by atoms with van der Waals surface area (Å²) in [4.78, 5) is 11.8. The molecule has 16 heavy (non-hydrogen) atoms. The number of benzene rings is 1. The highest BCUT2D eigenvalue weighted by Crippen LogP contribution is 2.31. The summed E-state index contributed by atoms with van der Waals surface area (Å²) in [6.07, 6.45) is 0. The van der Waals surface area contributed by atoms with E-state index in [1.807, 2.05) is 0 Å². The van der Waals surface area contributed by atoms with Gasteiger partial charge in [-0.2, -0.15) is 0 Å². The quantitative estimate of drug-likeness (QED) is 0.636. The Kier molecular flexibility index (Phi) is 3.86. The zero-order chi connectivity index (χ0) is 12.5. The summed E-state index contributed by atoms with van der Waals surface area (Å²) in [7, 11) is 0. The molecule has 0 aliphatic carbocycles. The SMILES string of the molecule is CC(C)(C)OC(=O)c1ccc(Cl)c(Br)c1N. The average Bonchev–Trinajstić information content (AvgIpc) is 2.11. The van der Waals surface area contributed by atoms with Crippen molar-refractivity contribution in [1.29, 1.82) is 0 Å². The molecular weight excluding hydrogens is 293 g/mol. The van der Waals surface area contributed by atoms with Crippen molar-refractivity contribution in [2.45, 2.75) is 26.4 Å². The molecule has 0 atom stereocenters. The number of rotatable bonds is 1. The third-order valence-electron chi connectivity index (χ3n) is 1.75. The van der Waals surface area contributed by atoms with E-state index in [0.717, 1.165) is 0 Å². The van der Waals surface area contributed by atoms with Gasteiger partial charge in [-0.15, -0.1) is 0 Å². The summed E-state index contributed by atoms with van der Waals surface area (Å²) in [6.45, 7) is 5.39. The molecule has 0 aliphatic heterocycles. The number of esters is 1. The molecule has 1 rings (SSSR count). The van der Waals surface area contributed by atoms with Gasteiger partial charge in [-0.05, 0) is 48.8 Å². The summed E-state index contributed by atoms with van der Waals surface area (Å²) in [6, 6.07) is 3.15. The van der Waals surface area contributed by atoms with E-state index < -0.39 is 11.6 Å². The Labute approximate surface area is 108 Å². The van der Waals surface area contributed by atoms with Crippen molar-refractivity contribution in [2.75, 3.05) is 5.73 Å². The zero-order valence-corrected chi connectivity index (χ0v) is 11.6. The number of carbonyl (C=O) groups is 1. The molecule has 0 heterocycles. The van der Waals surface area contributed by atoms with Crippen molar-refractivity contribution in [3.8, 4) is 0 Å². The summed E-state index contributed by atoms with van der Waals surface area (Å²) in [5.41, 5.74) is 5.83. The van der Waals surface area contributed by atoms with E-state index in [-0.39, 0.29) is 0 Å². The van der Waals surface area contributed by atoms with Crippen LogP contribution in [0.25, 0.3) is 0 Å². The number of hydrogen-bond acceptors (Lipinski definition) is 3. The van der Waals surface area contributed by atoms with Gasteiger partial charge in [0.05, 0.1) is 20.7 Å². The molecule has 0 bridgehead atoms. The molecule has 0 unspecified atom stereocenters. The molecule has 0 saturated heterocycles. The fraction of sp³-hybridized carbons (Fsp3) is 0.364. The molecule has 0 saturated carbocycles. The van der Waals surface area contributed by atoms with Crippen LogP contribution in [0, 0.1) is 0 Å². The van der Waals surface area contributed by atoms with Crippen LogP contribution in [0.5, 0.6) is 0 Å². The first-order chi connectivity index (χ1) is 7.22. The summed E-state index contributed by atoms with van der Waals surface area (Å²) in [5, 5.41) is 0.463. The standard InChI is InChI=1S/C11H13BrClNO2/c1-11(2,3)16-10(15)6-4-5-7(13)8(12)9(6)14/h4-5H,14H2,1-3H3. The number of halogens is 2. The summed E-state index contributed by atoms with van der Waals surface area (Å²) < 4.78 is 5.73. The van der Waals surface area contributed by atoms with Gasteiger partial charge in [0.2, 0.25) is 0 Å². The second kappa shape index (κ2) is 4.63. The Morgan fingerprint density at radius 2 is 2.00 bits per heavy atom. The van der Waals surface area contributed by atoms with Gasteiger partial charge in [-0.3, -0.25) is 0 Å². The lowest BCUT2D eigenvalue weighted by atomic mass is 10.1. The van der Waals surface area contributed by atoms with E-state index in [9.17, 15) is 4.79 Å². The molecule has 0 spiro atoms. The van der Waals surface area contributed by atoms with Gasteiger partial charge >= 0.3 is 5.97 Å². The van der Waals surface area contributed by atoms with Crippen LogP contribution in [-0.4, -0.2) is 11.6 Å². The van der Waals surface area contributed by atoms with Crippen LogP contribution in [0.2, 0.25) is 5.02 Å². The molecule has 2 N–H and O–H groups in total. The number of anilines is 1. The van der Waals surface area contributed by atoms with E-state index in [4.69, 9.17) is 22.1 Å². The first-order valence-electron chi connectivity index (χ1n) is 4.69. The third-order valence-corrected chi connectivity index (χ3v) is 3.15. The zero-order valence-electron chi connectivity index (χ0n) is 9.30. The smallest absolute Gasteiger partial charge is 0.340 e. The monoisotopic (exact) mass is 305 g/mol. The average molecular weight is 307 g/mol. The lowest BCUT2D eigenvalue weighted by molar-refractivity contribution is 0.00708. The molecule has 0 amide bonds. The highest BCUT2D eigenvalue weighted by molar-refractivity contribution is 9.10. The Morgan fingerprint density at radius 1 is 1.44 bits per heavy atom. The van der Waals surface area contributed by atoms with Gasteiger partial charge in [0.25, 0.3) is 0 Å². The van der Waals surface area contributed by atoms with Gasteiger partial charge in [0, 0.05) is 0 Å². The number of carbonyl (C=O) groups excluding carboxylic acids is 1. The van der Waals surface area contributed by atoms with Gasteiger partial charge in [-0.1, -0.05) is 11.6 Å². The van der Waals surface area contributed by atoms with Crippen LogP contribution in [0.3, 0.4) is 0 Å². The van der Waals surface area contributed by atoms with E-state index in [0.29, 0.717) is 20.7 Å². The number of ether oxygens (including phenoxy) is 1. The molecule has 0 aliphatic rings. The van der Waals surface area contributed by atoms with E-state index in [1.54, 1.807) is 32.9 Å². The second-order valence-corrected chi connectivity index (χ2v) is 5.52. The molecule has 1 aromatic rings. The predicted octanol–water partition coefficient (Wildman–Crippen LogP) is 3.64. The van der Waals surface area contributed by atoms with Crippen molar-refractivity contribution in [3.05, 3.63) is 27.2 Å². The van der Waals surface area contributed by atoms with Crippen molar-refractivity contribution < 1.29 is 9.53 Å². The minimum atomic E-state index is -0.546. The predicted molar refractivity (Wildman–Crippen MR) is 68.7 cm³/mol. The van der Waals surface area contributed by atoms with Crippen molar-refractivity contribution in [3.63, 3.8) is 0 Å². The molecule has 0 aromatic heterocycles. The first-order valence-corrected chi connectivity index (χ1v) is 5.86. The Hall–Kier alpha value is -0.740. The molecular formula is C11H13BrClNO2. The van der Waals surface area contributed by atoms with Crippen LogP contribution in [0.4, 0.5) is 5.69 Å². The van der Waals surface area contributed by atoms with E-state index in [2.05, 4.69) is 15.9 Å². The molecule has 88 valence electrons. The van der Waals surface area contributed by atoms with E-state index >= 15 is 0 Å². The molecule has 3 nitrogen and oxygen atoms in total. The first kappa shape index (κ1) is 13.3. The largest absolute Gasteiger partial charge is 0.456 e. The third kappa shape index (κ3) is 3.12.